The van der Waals surface area contributed by atoms with Gasteiger partial charge in [0, 0.05) is 37.8 Å². The Morgan fingerprint density at radius 3 is 2.79 bits per heavy atom. The normalized spacial score (nSPS) is 16.8. The highest BCUT2D eigenvalue weighted by atomic mass is 19.1. The molecule has 4 aromatic rings. The minimum Gasteiger partial charge on any atom is -0.381 e. The predicted molar refractivity (Wildman–Crippen MR) is 126 cm³/mol. The van der Waals surface area contributed by atoms with E-state index in [1.165, 1.54) is 12.1 Å². The topological polar surface area (TPSA) is 79.7 Å². The van der Waals surface area contributed by atoms with E-state index in [-0.39, 0.29) is 23.2 Å². The van der Waals surface area contributed by atoms with Gasteiger partial charge in [0.15, 0.2) is 0 Å². The molecule has 1 fully saturated rings. The fraction of sp³-hybridized carbons (Fsp3) is 0.346. The van der Waals surface area contributed by atoms with Gasteiger partial charge < -0.3 is 14.6 Å². The van der Waals surface area contributed by atoms with Crippen LogP contribution < -0.4 is 5.56 Å². The number of rotatable bonds is 2. The molecule has 0 atom stereocenters. The van der Waals surface area contributed by atoms with Crippen molar-refractivity contribution in [3.05, 3.63) is 80.8 Å². The number of aromatic nitrogens is 3. The number of halogens is 1. The molecule has 0 aliphatic carbocycles. The number of ether oxygens (including phenoxy) is 1. The lowest BCUT2D eigenvalue weighted by Gasteiger charge is -2.29. The molecule has 0 bridgehead atoms. The van der Waals surface area contributed by atoms with Crippen LogP contribution in [0, 0.1) is 12.7 Å². The third-order valence-electron chi connectivity index (χ3n) is 7.14. The van der Waals surface area contributed by atoms with Crippen molar-refractivity contribution < 1.29 is 13.9 Å². The van der Waals surface area contributed by atoms with Crippen molar-refractivity contribution in [2.45, 2.75) is 38.6 Å². The first-order chi connectivity index (χ1) is 16.5. The molecule has 7 nitrogen and oxygen atoms in total. The molecule has 1 N–H and O–H groups in total. The molecule has 8 heteroatoms. The molecule has 0 spiro atoms. The van der Waals surface area contributed by atoms with E-state index < -0.39 is 0 Å². The van der Waals surface area contributed by atoms with Crippen LogP contribution in [0.25, 0.3) is 16.6 Å². The lowest BCUT2D eigenvalue weighted by Crippen LogP contribution is -2.36. The molecule has 1 amide bonds. The molecule has 0 saturated carbocycles. The maximum absolute atomic E-state index is 13.7. The molecule has 0 unspecified atom stereocenters. The molecule has 2 aromatic heterocycles. The van der Waals surface area contributed by atoms with Crippen LogP contribution in [-0.4, -0.2) is 44.9 Å². The van der Waals surface area contributed by atoms with Gasteiger partial charge in [-0.2, -0.15) is 0 Å². The zero-order valence-corrected chi connectivity index (χ0v) is 18.9. The number of H-pyrrole nitrogens is 1. The van der Waals surface area contributed by atoms with E-state index in [1.807, 2.05) is 17.4 Å². The van der Waals surface area contributed by atoms with Gasteiger partial charge in [0.1, 0.15) is 17.2 Å². The molecule has 4 heterocycles. The van der Waals surface area contributed by atoms with Crippen molar-refractivity contribution in [2.24, 2.45) is 0 Å². The molecule has 174 valence electrons. The molecular formula is C26H25FN4O3. The molecule has 34 heavy (non-hydrogen) atoms. The summed E-state index contributed by atoms with van der Waals surface area (Å²) >= 11 is 0. The van der Waals surface area contributed by atoms with Gasteiger partial charge in [0.25, 0.3) is 11.5 Å². The van der Waals surface area contributed by atoms with Gasteiger partial charge >= 0.3 is 0 Å². The highest BCUT2D eigenvalue weighted by Crippen LogP contribution is 2.29. The summed E-state index contributed by atoms with van der Waals surface area (Å²) in [6.45, 7) is 4.21. The smallest absolute Gasteiger partial charge is 0.274 e. The lowest BCUT2D eigenvalue weighted by molar-refractivity contribution is 0.0733. The van der Waals surface area contributed by atoms with Gasteiger partial charge in [-0.15, -0.1) is 0 Å². The number of nitrogens with zero attached hydrogens (tertiary/aromatic N) is 3. The third kappa shape index (κ3) is 3.40. The summed E-state index contributed by atoms with van der Waals surface area (Å²) in [6, 6.07) is 8.49. The molecular weight excluding hydrogens is 435 g/mol. The van der Waals surface area contributed by atoms with Crippen LogP contribution in [-0.2, 0) is 17.7 Å². The average molecular weight is 461 g/mol. The standard InChI is InChI=1S/C26H25FN4O3/c1-15-10-22-21(29-25(32)23-13-28-24(31(22)23)17-5-8-34-9-6-17)12-20(15)26(33)30-7-4-16-2-3-19(27)11-18(16)14-30/h2-3,10-13,17H,4-9,14H2,1H3,(H,29,32). The Morgan fingerprint density at radius 2 is 1.97 bits per heavy atom. The van der Waals surface area contributed by atoms with E-state index in [1.54, 1.807) is 23.2 Å². The highest BCUT2D eigenvalue weighted by Gasteiger charge is 2.26. The van der Waals surface area contributed by atoms with E-state index in [4.69, 9.17) is 4.74 Å². The second-order valence-electron chi connectivity index (χ2n) is 9.25. The number of hydrogen-bond acceptors (Lipinski definition) is 4. The Bertz CT molecular complexity index is 1500. The largest absolute Gasteiger partial charge is 0.381 e. The maximum atomic E-state index is 13.7. The lowest BCUT2D eigenvalue weighted by atomic mass is 9.98. The van der Waals surface area contributed by atoms with Gasteiger partial charge in [0.2, 0.25) is 0 Å². The molecule has 6 rings (SSSR count). The van der Waals surface area contributed by atoms with E-state index in [0.29, 0.717) is 49.3 Å². The highest BCUT2D eigenvalue weighted by molar-refractivity contribution is 5.99. The second kappa shape index (κ2) is 8.06. The number of aryl methyl sites for hydroxylation is 1. The van der Waals surface area contributed by atoms with E-state index in [9.17, 15) is 14.0 Å². The summed E-state index contributed by atoms with van der Waals surface area (Å²) in [5.74, 6) is 0.668. The number of carbonyl (C=O) groups excluding carboxylic acids is 1. The Kier molecular flexibility index (Phi) is 4.99. The van der Waals surface area contributed by atoms with Crippen LogP contribution >= 0.6 is 0 Å². The van der Waals surface area contributed by atoms with Crippen molar-refractivity contribution >= 4 is 22.5 Å². The van der Waals surface area contributed by atoms with E-state index in [2.05, 4.69) is 9.97 Å². The summed E-state index contributed by atoms with van der Waals surface area (Å²) < 4.78 is 21.2. The van der Waals surface area contributed by atoms with Gasteiger partial charge in [-0.05, 0) is 67.1 Å². The van der Waals surface area contributed by atoms with E-state index in [0.717, 1.165) is 40.9 Å². The SMILES string of the molecule is Cc1cc2c(cc1C(=O)N1CCc3ccc(F)cc3C1)[nH]c(=O)c1cnc(C3CCOCC3)n12. The molecule has 2 aliphatic heterocycles. The number of aromatic amines is 1. The van der Waals surface area contributed by atoms with Crippen molar-refractivity contribution in [1.82, 2.24) is 19.3 Å². The monoisotopic (exact) mass is 460 g/mol. The minimum atomic E-state index is -0.294. The van der Waals surface area contributed by atoms with Crippen molar-refractivity contribution in [3.63, 3.8) is 0 Å². The molecule has 2 aliphatic rings. The summed E-state index contributed by atoms with van der Waals surface area (Å²) in [5.41, 5.74) is 4.97. The van der Waals surface area contributed by atoms with Crippen LogP contribution in [0.4, 0.5) is 4.39 Å². The Hall–Kier alpha value is -3.52. The summed E-state index contributed by atoms with van der Waals surface area (Å²) in [7, 11) is 0. The number of fused-ring (bicyclic) bond motifs is 4. The second-order valence-corrected chi connectivity index (χ2v) is 9.25. The summed E-state index contributed by atoms with van der Waals surface area (Å²) in [6.07, 6.45) is 4.04. The number of imidazole rings is 1. The maximum Gasteiger partial charge on any atom is 0.274 e. The van der Waals surface area contributed by atoms with Crippen molar-refractivity contribution in [2.75, 3.05) is 19.8 Å². The van der Waals surface area contributed by atoms with Gasteiger partial charge in [-0.3, -0.25) is 14.0 Å². The van der Waals surface area contributed by atoms with Crippen molar-refractivity contribution in [1.29, 1.82) is 0 Å². The molecule has 0 radical (unpaired) electrons. The quantitative estimate of drug-likeness (QED) is 0.495. The molecule has 2 aromatic carbocycles. The average Bonchev–Trinajstić information content (AvgIpc) is 3.30. The minimum absolute atomic E-state index is 0.120. The van der Waals surface area contributed by atoms with Crippen molar-refractivity contribution in [3.8, 4) is 0 Å². The van der Waals surface area contributed by atoms with Gasteiger partial charge in [0.05, 0.1) is 17.2 Å². The number of benzene rings is 2. The number of hydrogen-bond donors (Lipinski definition) is 1. The Labute approximate surface area is 195 Å². The fourth-order valence-electron chi connectivity index (χ4n) is 5.29. The van der Waals surface area contributed by atoms with E-state index >= 15 is 0 Å². The zero-order valence-electron chi connectivity index (χ0n) is 18.9. The fourth-order valence-corrected chi connectivity index (χ4v) is 5.29. The first-order valence-corrected chi connectivity index (χ1v) is 11.7. The Morgan fingerprint density at radius 1 is 1.15 bits per heavy atom. The first kappa shape index (κ1) is 21.0. The van der Waals surface area contributed by atoms with Crippen LogP contribution in [0.2, 0.25) is 0 Å². The number of nitrogens with one attached hydrogen (secondary N) is 1. The van der Waals surface area contributed by atoms with Gasteiger partial charge in [-0.1, -0.05) is 6.07 Å². The third-order valence-corrected chi connectivity index (χ3v) is 7.14. The first-order valence-electron chi connectivity index (χ1n) is 11.7. The van der Waals surface area contributed by atoms with Crippen LogP contribution in [0.5, 0.6) is 0 Å². The molecule has 1 saturated heterocycles. The number of carbonyl (C=O) groups is 1. The van der Waals surface area contributed by atoms with Crippen LogP contribution in [0.1, 0.15) is 51.6 Å². The summed E-state index contributed by atoms with van der Waals surface area (Å²) in [4.78, 5) is 35.6. The van der Waals surface area contributed by atoms with Crippen LogP contribution in [0.15, 0.2) is 41.3 Å². The summed E-state index contributed by atoms with van der Waals surface area (Å²) in [5, 5.41) is 0. The Balaban J connectivity index is 1.42. The van der Waals surface area contributed by atoms with Gasteiger partial charge in [-0.25, -0.2) is 9.37 Å². The number of amides is 1. The zero-order chi connectivity index (χ0) is 23.4. The predicted octanol–water partition coefficient (Wildman–Crippen LogP) is 3.72. The van der Waals surface area contributed by atoms with Crippen LogP contribution in [0.3, 0.4) is 0 Å².